The molecule has 0 radical (unpaired) electrons. The van der Waals surface area contributed by atoms with Gasteiger partial charge in [0.2, 0.25) is 0 Å². The molecule has 3 nitrogen and oxygen atoms in total. The molecule has 2 aliphatic rings. The molecule has 2 heterocycles. The van der Waals surface area contributed by atoms with Gasteiger partial charge in [-0.2, -0.15) is 11.8 Å². The lowest BCUT2D eigenvalue weighted by Gasteiger charge is -2.32. The molecule has 98 valence electrons. The fourth-order valence-electron chi connectivity index (χ4n) is 2.64. The van der Waals surface area contributed by atoms with Gasteiger partial charge in [-0.1, -0.05) is 0 Å². The number of rotatable bonds is 1. The molecule has 0 aromatic heterocycles. The van der Waals surface area contributed by atoms with E-state index in [1.807, 2.05) is 32.5 Å². The first-order valence-electron chi connectivity index (χ1n) is 6.44. The van der Waals surface area contributed by atoms with Crippen molar-refractivity contribution in [2.24, 2.45) is 5.41 Å². The molecule has 2 fully saturated rings. The quantitative estimate of drug-likeness (QED) is 0.731. The molecule has 1 atom stereocenters. The van der Waals surface area contributed by atoms with E-state index in [1.54, 1.807) is 0 Å². The van der Waals surface area contributed by atoms with Crippen molar-refractivity contribution in [3.63, 3.8) is 0 Å². The topological polar surface area (TPSA) is 38.3 Å². The summed E-state index contributed by atoms with van der Waals surface area (Å²) in [4.78, 5) is 12.0. The summed E-state index contributed by atoms with van der Waals surface area (Å²) in [6.45, 7) is 6.75. The highest BCUT2D eigenvalue weighted by Gasteiger charge is 2.43. The Bertz CT molecular complexity index is 292. The Kier molecular flexibility index (Phi) is 3.74. The maximum Gasteiger partial charge on any atom is 0.323 e. The van der Waals surface area contributed by atoms with Crippen LogP contribution >= 0.6 is 11.8 Å². The lowest BCUT2D eigenvalue weighted by molar-refractivity contribution is -0.157. The highest BCUT2D eigenvalue weighted by atomic mass is 32.2. The molecular weight excluding hydrogens is 234 g/mol. The predicted octanol–water partition coefficient (Wildman–Crippen LogP) is 2.20. The van der Waals surface area contributed by atoms with Crippen LogP contribution in [0.15, 0.2) is 0 Å². The summed E-state index contributed by atoms with van der Waals surface area (Å²) in [5.41, 5.74) is -0.0102. The van der Waals surface area contributed by atoms with Gasteiger partial charge in [0.05, 0.1) is 0 Å². The minimum Gasteiger partial charge on any atom is -0.459 e. The number of carbonyl (C=O) groups excluding carboxylic acids is 1. The second-order valence-electron chi connectivity index (χ2n) is 6.28. The van der Waals surface area contributed by atoms with E-state index in [9.17, 15) is 4.79 Å². The third-order valence-electron chi connectivity index (χ3n) is 3.61. The number of carbonyl (C=O) groups is 1. The van der Waals surface area contributed by atoms with Gasteiger partial charge in [-0.15, -0.1) is 0 Å². The SMILES string of the molecule is CC(C)(C)OC(=O)C1CC2(CCSCC2)CN1. The first kappa shape index (κ1) is 13.2. The van der Waals surface area contributed by atoms with Crippen LogP contribution in [0.25, 0.3) is 0 Å². The van der Waals surface area contributed by atoms with E-state index < -0.39 is 0 Å². The number of nitrogens with one attached hydrogen (secondary N) is 1. The summed E-state index contributed by atoms with van der Waals surface area (Å²) in [6.07, 6.45) is 3.44. The van der Waals surface area contributed by atoms with E-state index in [0.717, 1.165) is 13.0 Å². The molecule has 4 heteroatoms. The molecule has 2 aliphatic heterocycles. The Hall–Kier alpha value is -0.220. The average molecular weight is 257 g/mol. The lowest BCUT2D eigenvalue weighted by Crippen LogP contribution is -2.37. The molecule has 1 unspecified atom stereocenters. The van der Waals surface area contributed by atoms with Crippen LogP contribution in [0.5, 0.6) is 0 Å². The van der Waals surface area contributed by atoms with Crippen molar-refractivity contribution in [2.75, 3.05) is 18.1 Å². The maximum atomic E-state index is 12.0. The molecule has 0 amide bonds. The number of hydrogen-bond acceptors (Lipinski definition) is 4. The molecule has 0 aromatic rings. The monoisotopic (exact) mass is 257 g/mol. The summed E-state index contributed by atoms with van der Waals surface area (Å²) >= 11 is 2.03. The van der Waals surface area contributed by atoms with E-state index in [4.69, 9.17) is 4.74 Å². The van der Waals surface area contributed by atoms with Crippen molar-refractivity contribution in [2.45, 2.75) is 51.7 Å². The van der Waals surface area contributed by atoms with E-state index >= 15 is 0 Å². The van der Waals surface area contributed by atoms with Crippen LogP contribution in [0, 0.1) is 5.41 Å². The normalized spacial score (nSPS) is 28.3. The van der Waals surface area contributed by atoms with Crippen LogP contribution in [0.4, 0.5) is 0 Å². The highest BCUT2D eigenvalue weighted by molar-refractivity contribution is 7.99. The van der Waals surface area contributed by atoms with Crippen LogP contribution in [-0.4, -0.2) is 35.7 Å². The van der Waals surface area contributed by atoms with Crippen LogP contribution in [-0.2, 0) is 9.53 Å². The molecule has 1 N–H and O–H groups in total. The van der Waals surface area contributed by atoms with Crippen molar-refractivity contribution in [1.29, 1.82) is 0 Å². The van der Waals surface area contributed by atoms with Gasteiger partial charge >= 0.3 is 5.97 Å². The minimum atomic E-state index is -0.378. The largest absolute Gasteiger partial charge is 0.459 e. The van der Waals surface area contributed by atoms with Crippen molar-refractivity contribution in [3.05, 3.63) is 0 Å². The molecule has 0 saturated carbocycles. The van der Waals surface area contributed by atoms with Crippen molar-refractivity contribution in [3.8, 4) is 0 Å². The van der Waals surface area contributed by atoms with E-state index in [1.165, 1.54) is 24.3 Å². The maximum absolute atomic E-state index is 12.0. The fourth-order valence-corrected chi connectivity index (χ4v) is 4.00. The Morgan fingerprint density at radius 3 is 2.59 bits per heavy atom. The van der Waals surface area contributed by atoms with Crippen LogP contribution in [0.1, 0.15) is 40.0 Å². The van der Waals surface area contributed by atoms with Crippen molar-refractivity contribution >= 4 is 17.7 Å². The Labute approximate surface area is 108 Å². The second-order valence-corrected chi connectivity index (χ2v) is 7.51. The van der Waals surface area contributed by atoms with Gasteiger partial charge in [-0.3, -0.25) is 4.79 Å². The van der Waals surface area contributed by atoms with Gasteiger partial charge < -0.3 is 10.1 Å². The first-order chi connectivity index (χ1) is 7.90. The van der Waals surface area contributed by atoms with Gasteiger partial charge in [0.25, 0.3) is 0 Å². The molecule has 0 aliphatic carbocycles. The summed E-state index contributed by atoms with van der Waals surface area (Å²) in [5.74, 6) is 2.40. The van der Waals surface area contributed by atoms with E-state index in [-0.39, 0.29) is 17.6 Å². The first-order valence-corrected chi connectivity index (χ1v) is 7.60. The molecule has 2 saturated heterocycles. The standard InChI is InChI=1S/C13H23NO2S/c1-12(2,3)16-11(15)10-8-13(9-14-10)4-6-17-7-5-13/h10,14H,4-9H2,1-3H3. The zero-order chi connectivity index (χ0) is 12.5. The molecule has 0 aromatic carbocycles. The Morgan fingerprint density at radius 1 is 1.35 bits per heavy atom. The summed E-state index contributed by atoms with van der Waals surface area (Å²) in [5, 5.41) is 3.36. The van der Waals surface area contributed by atoms with Gasteiger partial charge in [-0.25, -0.2) is 0 Å². The third-order valence-corrected chi connectivity index (χ3v) is 4.59. The molecule has 0 bridgehead atoms. The zero-order valence-electron chi connectivity index (χ0n) is 11.0. The minimum absolute atomic E-state index is 0.0763. The van der Waals surface area contributed by atoms with Crippen LogP contribution < -0.4 is 5.32 Å². The number of esters is 1. The predicted molar refractivity (Wildman–Crippen MR) is 71.2 cm³/mol. The van der Waals surface area contributed by atoms with Gasteiger partial charge in [0.15, 0.2) is 0 Å². The van der Waals surface area contributed by atoms with Crippen LogP contribution in [0.2, 0.25) is 0 Å². The lowest BCUT2D eigenvalue weighted by atomic mass is 9.80. The summed E-state index contributed by atoms with van der Waals surface area (Å²) < 4.78 is 5.45. The molecular formula is C13H23NO2S. The molecule has 1 spiro atoms. The van der Waals surface area contributed by atoms with E-state index in [0.29, 0.717) is 5.41 Å². The fraction of sp³-hybridized carbons (Fsp3) is 0.923. The molecule has 17 heavy (non-hydrogen) atoms. The average Bonchev–Trinajstić information content (AvgIpc) is 2.61. The van der Waals surface area contributed by atoms with Crippen LogP contribution in [0.3, 0.4) is 0 Å². The number of hydrogen-bond donors (Lipinski definition) is 1. The van der Waals surface area contributed by atoms with Crippen molar-refractivity contribution in [1.82, 2.24) is 5.32 Å². The highest BCUT2D eigenvalue weighted by Crippen LogP contribution is 2.41. The zero-order valence-corrected chi connectivity index (χ0v) is 11.9. The second kappa shape index (κ2) is 4.81. The summed E-state index contributed by atoms with van der Waals surface area (Å²) in [7, 11) is 0. The van der Waals surface area contributed by atoms with E-state index in [2.05, 4.69) is 5.32 Å². The van der Waals surface area contributed by atoms with Gasteiger partial charge in [0.1, 0.15) is 11.6 Å². The van der Waals surface area contributed by atoms with Crippen molar-refractivity contribution < 1.29 is 9.53 Å². The number of ether oxygens (including phenoxy) is 1. The number of thioether (sulfide) groups is 1. The molecule has 2 rings (SSSR count). The third kappa shape index (κ3) is 3.38. The van der Waals surface area contributed by atoms with Gasteiger partial charge in [-0.05, 0) is 57.0 Å². The van der Waals surface area contributed by atoms with Gasteiger partial charge in [0, 0.05) is 6.54 Å². The Morgan fingerprint density at radius 2 is 2.00 bits per heavy atom. The Balaban J connectivity index is 1.91. The summed E-state index contributed by atoms with van der Waals surface area (Å²) in [6, 6.07) is -0.0858. The smallest absolute Gasteiger partial charge is 0.323 e.